The first kappa shape index (κ1) is 19.1. The van der Waals surface area contributed by atoms with Crippen LogP contribution in [0.5, 0.6) is 0 Å². The summed E-state index contributed by atoms with van der Waals surface area (Å²) in [6, 6.07) is 7.73. The van der Waals surface area contributed by atoms with Crippen molar-refractivity contribution < 1.29 is 22.1 Å². The first-order valence-electron chi connectivity index (χ1n) is 9.48. The van der Waals surface area contributed by atoms with Crippen LogP contribution in [0.1, 0.15) is 32.0 Å². The maximum absolute atomic E-state index is 13.3. The van der Waals surface area contributed by atoms with Crippen molar-refractivity contribution in [1.82, 2.24) is 9.55 Å². The molecule has 4 unspecified atom stereocenters. The lowest BCUT2D eigenvalue weighted by Gasteiger charge is -2.41. The Morgan fingerprint density at radius 1 is 1.29 bits per heavy atom. The molecule has 28 heavy (non-hydrogen) atoms. The maximum Gasteiger partial charge on any atom is 0.264 e. The van der Waals surface area contributed by atoms with Crippen molar-refractivity contribution >= 4 is 32.5 Å². The van der Waals surface area contributed by atoms with Crippen molar-refractivity contribution in [2.45, 2.75) is 38.4 Å². The van der Waals surface area contributed by atoms with E-state index in [0.717, 1.165) is 23.7 Å². The second-order valence-corrected chi connectivity index (χ2v) is 9.24. The van der Waals surface area contributed by atoms with Crippen molar-refractivity contribution in [3.05, 3.63) is 36.4 Å². The van der Waals surface area contributed by atoms with Crippen LogP contribution in [-0.4, -0.2) is 42.2 Å². The largest absolute Gasteiger partial charge is 0.496 e. The molecule has 2 heterocycles. The average molecular weight is 404 g/mol. The van der Waals surface area contributed by atoms with Gasteiger partial charge in [-0.3, -0.25) is 8.98 Å². The number of aromatic nitrogens is 2. The summed E-state index contributed by atoms with van der Waals surface area (Å²) in [5.41, 5.74) is 2.25. The van der Waals surface area contributed by atoms with E-state index in [4.69, 9.17) is 8.92 Å². The molecule has 1 saturated carbocycles. The van der Waals surface area contributed by atoms with Gasteiger partial charge in [0.1, 0.15) is 11.9 Å². The number of hydrogen-bond donors (Lipinski definition) is 0. The zero-order valence-corrected chi connectivity index (χ0v) is 17.0. The van der Waals surface area contributed by atoms with E-state index in [9.17, 15) is 13.2 Å². The molecule has 2 aromatic rings. The van der Waals surface area contributed by atoms with Gasteiger partial charge in [-0.05, 0) is 24.5 Å². The number of imidazole rings is 1. The van der Waals surface area contributed by atoms with E-state index < -0.39 is 16.2 Å². The van der Waals surface area contributed by atoms with Crippen molar-refractivity contribution in [2.75, 3.05) is 6.26 Å². The SMILES string of the molecule is CCC1CC2C(=O)C(c3nc4ccccc4n3C)=COC2CC1OS(C)(=O)=O. The van der Waals surface area contributed by atoms with Crippen molar-refractivity contribution in [3.8, 4) is 0 Å². The van der Waals surface area contributed by atoms with Gasteiger partial charge in [-0.2, -0.15) is 8.42 Å². The van der Waals surface area contributed by atoms with E-state index >= 15 is 0 Å². The predicted octanol–water partition coefficient (Wildman–Crippen LogP) is 2.66. The predicted molar refractivity (Wildman–Crippen MR) is 105 cm³/mol. The third-order valence-electron chi connectivity index (χ3n) is 5.81. The van der Waals surface area contributed by atoms with Crippen LogP contribution in [0.2, 0.25) is 0 Å². The molecule has 7 nitrogen and oxygen atoms in total. The number of carbonyl (C=O) groups excluding carboxylic acids is 1. The number of aryl methyl sites for hydroxylation is 1. The molecule has 0 amide bonds. The molecule has 0 spiro atoms. The van der Waals surface area contributed by atoms with E-state index in [1.807, 2.05) is 42.8 Å². The van der Waals surface area contributed by atoms with Gasteiger partial charge in [0.05, 0.1) is 41.1 Å². The molecule has 0 N–H and O–H groups in total. The lowest BCUT2D eigenvalue weighted by molar-refractivity contribution is -0.128. The number of carbonyl (C=O) groups is 1. The van der Waals surface area contributed by atoms with Gasteiger partial charge in [0.2, 0.25) is 0 Å². The molecule has 0 bridgehead atoms. The molecule has 0 saturated heterocycles. The Hall–Kier alpha value is -2.19. The van der Waals surface area contributed by atoms with Crippen LogP contribution in [0.4, 0.5) is 0 Å². The average Bonchev–Trinajstić information content (AvgIpc) is 2.97. The quantitative estimate of drug-likeness (QED) is 0.728. The molecular formula is C20H24N2O5S. The third-order valence-corrected chi connectivity index (χ3v) is 6.41. The van der Waals surface area contributed by atoms with Crippen molar-refractivity contribution in [1.29, 1.82) is 0 Å². The molecule has 1 fully saturated rings. The lowest BCUT2D eigenvalue weighted by Crippen LogP contribution is -2.46. The minimum atomic E-state index is -3.56. The second kappa shape index (κ2) is 7.00. The number of ether oxygens (including phenoxy) is 1. The summed E-state index contributed by atoms with van der Waals surface area (Å²) in [6.07, 6.45) is 3.37. The fourth-order valence-corrected chi connectivity index (χ4v) is 5.06. The van der Waals surface area contributed by atoms with Crippen LogP contribution in [-0.2, 0) is 30.9 Å². The molecule has 1 aliphatic carbocycles. The highest BCUT2D eigenvalue weighted by Crippen LogP contribution is 2.41. The first-order chi connectivity index (χ1) is 13.3. The second-order valence-electron chi connectivity index (χ2n) is 7.64. The zero-order chi connectivity index (χ0) is 20.1. The zero-order valence-electron chi connectivity index (χ0n) is 16.2. The molecule has 4 rings (SSSR count). The first-order valence-corrected chi connectivity index (χ1v) is 11.3. The van der Waals surface area contributed by atoms with Crippen LogP contribution < -0.4 is 0 Å². The Labute approximate surface area is 164 Å². The smallest absolute Gasteiger partial charge is 0.264 e. The lowest BCUT2D eigenvalue weighted by atomic mass is 9.72. The normalized spacial score (nSPS) is 28.0. The van der Waals surface area contributed by atoms with Gasteiger partial charge >= 0.3 is 0 Å². The van der Waals surface area contributed by atoms with Crippen LogP contribution in [0.25, 0.3) is 16.6 Å². The van der Waals surface area contributed by atoms with Gasteiger partial charge in [0, 0.05) is 13.5 Å². The standard InChI is InChI=1S/C20H24N2O5S/c1-4-12-9-13-18(10-17(12)27-28(3,24)25)26-11-14(19(13)23)20-21-15-7-5-6-8-16(15)22(20)2/h5-8,11-13,17-18H,4,9-10H2,1-3H3. The Morgan fingerprint density at radius 2 is 2.04 bits per heavy atom. The summed E-state index contributed by atoms with van der Waals surface area (Å²) in [5, 5.41) is 0. The van der Waals surface area contributed by atoms with E-state index in [1.54, 1.807) is 0 Å². The topological polar surface area (TPSA) is 87.5 Å². The number of para-hydroxylation sites is 2. The number of Topliss-reactive ketones (excluding diaryl/α,β-unsaturated/α-hetero) is 1. The molecule has 1 aromatic carbocycles. The number of allylic oxidation sites excluding steroid dienone is 1. The van der Waals surface area contributed by atoms with Gasteiger partial charge in [-0.15, -0.1) is 0 Å². The number of fused-ring (bicyclic) bond motifs is 2. The highest BCUT2D eigenvalue weighted by atomic mass is 32.2. The molecule has 150 valence electrons. The van der Waals surface area contributed by atoms with Crippen LogP contribution >= 0.6 is 0 Å². The molecule has 4 atom stereocenters. The van der Waals surface area contributed by atoms with Gasteiger partial charge in [-0.25, -0.2) is 4.98 Å². The number of nitrogens with zero attached hydrogens (tertiary/aromatic N) is 2. The monoisotopic (exact) mass is 404 g/mol. The summed E-state index contributed by atoms with van der Waals surface area (Å²) in [4.78, 5) is 17.9. The third kappa shape index (κ3) is 3.35. The van der Waals surface area contributed by atoms with E-state index in [0.29, 0.717) is 24.2 Å². The van der Waals surface area contributed by atoms with E-state index in [1.165, 1.54) is 6.26 Å². The maximum atomic E-state index is 13.3. The summed E-state index contributed by atoms with van der Waals surface area (Å²) in [5.74, 6) is 0.269. The summed E-state index contributed by atoms with van der Waals surface area (Å²) in [6.45, 7) is 1.99. The van der Waals surface area contributed by atoms with Crippen LogP contribution in [0, 0.1) is 11.8 Å². The number of hydrogen-bond acceptors (Lipinski definition) is 6. The summed E-state index contributed by atoms with van der Waals surface area (Å²) in [7, 11) is -1.68. The summed E-state index contributed by atoms with van der Waals surface area (Å²) < 4.78 is 36.3. The van der Waals surface area contributed by atoms with Crippen molar-refractivity contribution in [2.24, 2.45) is 18.9 Å². The summed E-state index contributed by atoms with van der Waals surface area (Å²) >= 11 is 0. The number of benzene rings is 1. The molecule has 2 aliphatic rings. The Bertz CT molecular complexity index is 1060. The molecule has 1 aliphatic heterocycles. The fourth-order valence-electron chi connectivity index (χ4n) is 4.38. The number of ketones is 1. The van der Waals surface area contributed by atoms with Crippen molar-refractivity contribution in [3.63, 3.8) is 0 Å². The minimum absolute atomic E-state index is 0.00547. The van der Waals surface area contributed by atoms with Gasteiger partial charge in [0.25, 0.3) is 10.1 Å². The van der Waals surface area contributed by atoms with Crippen LogP contribution in [0.3, 0.4) is 0 Å². The minimum Gasteiger partial charge on any atom is -0.496 e. The van der Waals surface area contributed by atoms with Gasteiger partial charge in [0.15, 0.2) is 5.78 Å². The highest BCUT2D eigenvalue weighted by Gasteiger charge is 2.46. The Balaban J connectivity index is 1.65. The molecule has 8 heteroatoms. The highest BCUT2D eigenvalue weighted by molar-refractivity contribution is 7.86. The fraction of sp³-hybridized carbons (Fsp3) is 0.500. The molecular weight excluding hydrogens is 380 g/mol. The number of rotatable bonds is 4. The van der Waals surface area contributed by atoms with Gasteiger partial charge in [-0.1, -0.05) is 25.5 Å². The Morgan fingerprint density at radius 3 is 2.71 bits per heavy atom. The van der Waals surface area contributed by atoms with Crippen LogP contribution in [0.15, 0.2) is 30.5 Å². The van der Waals surface area contributed by atoms with Gasteiger partial charge < -0.3 is 9.30 Å². The Kier molecular flexibility index (Phi) is 4.79. The van der Waals surface area contributed by atoms with E-state index in [2.05, 4.69) is 4.98 Å². The molecule has 1 aromatic heterocycles. The molecule has 0 radical (unpaired) electrons. The van der Waals surface area contributed by atoms with E-state index in [-0.39, 0.29) is 23.7 Å².